The summed E-state index contributed by atoms with van der Waals surface area (Å²) in [4.78, 5) is 24.8. The summed E-state index contributed by atoms with van der Waals surface area (Å²) in [7, 11) is 0. The number of carbonyl (C=O) groups excluding carboxylic acids is 2. The van der Waals surface area contributed by atoms with Crippen molar-refractivity contribution in [1.29, 1.82) is 0 Å². The highest BCUT2D eigenvalue weighted by molar-refractivity contribution is 5.98. The molecule has 0 bridgehead atoms. The number of aromatic nitrogens is 2. The average Bonchev–Trinajstić information content (AvgIpc) is 3.30. The Morgan fingerprint density at radius 2 is 2.04 bits per heavy atom. The molecule has 1 aromatic carbocycles. The molecule has 2 aromatic rings. The van der Waals surface area contributed by atoms with Gasteiger partial charge < -0.3 is 15.7 Å². The number of carbonyl (C=O) groups is 2. The number of nitrogens with one attached hydrogen (secondary N) is 2. The molecule has 3 N–H and O–H groups in total. The van der Waals surface area contributed by atoms with Crippen LogP contribution < -0.4 is 10.6 Å². The second-order valence-corrected chi connectivity index (χ2v) is 7.50. The second-order valence-electron chi connectivity index (χ2n) is 7.50. The maximum atomic E-state index is 12.7. The van der Waals surface area contributed by atoms with Crippen molar-refractivity contribution >= 4 is 11.8 Å². The molecule has 0 saturated heterocycles. The highest BCUT2D eigenvalue weighted by atomic mass is 16.3. The average molecular weight is 368 g/mol. The van der Waals surface area contributed by atoms with E-state index in [1.165, 1.54) is 16.3 Å². The Morgan fingerprint density at radius 1 is 1.30 bits per heavy atom. The van der Waals surface area contributed by atoms with Crippen LogP contribution in [-0.4, -0.2) is 45.9 Å². The van der Waals surface area contributed by atoms with Crippen LogP contribution in [-0.2, 0) is 12.0 Å². The molecule has 1 atom stereocenters. The molecule has 2 aliphatic rings. The quantitative estimate of drug-likeness (QED) is 0.756. The van der Waals surface area contributed by atoms with Crippen molar-refractivity contribution in [2.24, 2.45) is 0 Å². The van der Waals surface area contributed by atoms with E-state index >= 15 is 0 Å². The highest BCUT2D eigenvalue weighted by Crippen LogP contribution is 2.40. The summed E-state index contributed by atoms with van der Waals surface area (Å²) in [5.74, 6) is -0.616. The zero-order valence-corrected chi connectivity index (χ0v) is 15.1. The number of β-amino-alcohol motifs (C(OH)–C–C–N with tert-alkyl or cyclic N) is 1. The molecule has 2 heterocycles. The normalized spacial score (nSPS) is 21.2. The maximum Gasteiger partial charge on any atom is 0.271 e. The Labute approximate surface area is 157 Å². The Hall–Kier alpha value is -2.67. The number of benzene rings is 1. The summed E-state index contributed by atoms with van der Waals surface area (Å²) in [6, 6.07) is 11.8. The number of aliphatic hydroxyl groups excluding tert-OH is 1. The van der Waals surface area contributed by atoms with Crippen LogP contribution >= 0.6 is 0 Å². The van der Waals surface area contributed by atoms with E-state index in [1.54, 1.807) is 0 Å². The van der Waals surface area contributed by atoms with E-state index in [1.807, 2.05) is 18.2 Å². The van der Waals surface area contributed by atoms with E-state index in [0.717, 1.165) is 25.7 Å². The summed E-state index contributed by atoms with van der Waals surface area (Å²) in [5, 5.41) is 19.7. The number of nitrogens with zero attached hydrogens (tertiary/aromatic N) is 2. The van der Waals surface area contributed by atoms with Gasteiger partial charge in [-0.15, -0.1) is 0 Å². The van der Waals surface area contributed by atoms with Crippen LogP contribution in [0.15, 0.2) is 36.4 Å². The summed E-state index contributed by atoms with van der Waals surface area (Å²) in [5.41, 5.74) is 1.72. The monoisotopic (exact) mass is 368 g/mol. The molecule has 0 spiro atoms. The first-order valence-corrected chi connectivity index (χ1v) is 9.45. The van der Waals surface area contributed by atoms with E-state index in [0.29, 0.717) is 12.2 Å². The first-order valence-electron chi connectivity index (χ1n) is 9.45. The fourth-order valence-electron chi connectivity index (χ4n) is 4.17. The van der Waals surface area contributed by atoms with Gasteiger partial charge in [-0.3, -0.25) is 14.3 Å². The van der Waals surface area contributed by atoms with Crippen molar-refractivity contribution in [3.05, 3.63) is 53.3 Å². The molecule has 1 saturated carbocycles. The van der Waals surface area contributed by atoms with Crippen LogP contribution in [0.2, 0.25) is 0 Å². The Balaban J connectivity index is 1.50. The fourth-order valence-corrected chi connectivity index (χ4v) is 4.17. The lowest BCUT2D eigenvalue weighted by atomic mass is 9.79. The van der Waals surface area contributed by atoms with Gasteiger partial charge in [0.1, 0.15) is 5.69 Å². The van der Waals surface area contributed by atoms with Gasteiger partial charge in [0, 0.05) is 24.6 Å². The molecular formula is C20H24N4O3. The smallest absolute Gasteiger partial charge is 0.271 e. The Morgan fingerprint density at radius 3 is 2.78 bits per heavy atom. The maximum absolute atomic E-state index is 12.7. The predicted octanol–water partition coefficient (Wildman–Crippen LogP) is 1.23. The van der Waals surface area contributed by atoms with E-state index in [-0.39, 0.29) is 36.0 Å². The lowest BCUT2D eigenvalue weighted by Gasteiger charge is -2.29. The van der Waals surface area contributed by atoms with Gasteiger partial charge in [-0.05, 0) is 18.4 Å². The molecule has 1 aliphatic heterocycles. The van der Waals surface area contributed by atoms with E-state index in [9.17, 15) is 14.7 Å². The van der Waals surface area contributed by atoms with Crippen LogP contribution in [0, 0.1) is 0 Å². The molecule has 1 aliphatic carbocycles. The van der Waals surface area contributed by atoms with E-state index < -0.39 is 6.10 Å². The Kier molecular flexibility index (Phi) is 4.70. The number of fused-ring (bicyclic) bond motifs is 1. The molecule has 0 radical (unpaired) electrons. The first-order chi connectivity index (χ1) is 13.1. The highest BCUT2D eigenvalue weighted by Gasteiger charge is 2.36. The second kappa shape index (κ2) is 7.15. The van der Waals surface area contributed by atoms with Crippen molar-refractivity contribution in [2.75, 3.05) is 13.1 Å². The fraction of sp³-hybridized carbons (Fsp3) is 0.450. The third-order valence-corrected chi connectivity index (χ3v) is 5.66. The zero-order valence-electron chi connectivity index (χ0n) is 15.1. The number of hydrogen-bond acceptors (Lipinski definition) is 4. The van der Waals surface area contributed by atoms with Crippen molar-refractivity contribution in [1.82, 2.24) is 20.4 Å². The van der Waals surface area contributed by atoms with Crippen molar-refractivity contribution < 1.29 is 14.7 Å². The van der Waals surface area contributed by atoms with Gasteiger partial charge in [-0.2, -0.15) is 5.10 Å². The molecule has 7 nitrogen and oxygen atoms in total. The molecule has 1 aromatic heterocycles. The minimum Gasteiger partial charge on any atom is -0.389 e. The van der Waals surface area contributed by atoms with Gasteiger partial charge in [0.15, 0.2) is 5.69 Å². The summed E-state index contributed by atoms with van der Waals surface area (Å²) in [6.45, 7) is 0.922. The summed E-state index contributed by atoms with van der Waals surface area (Å²) in [6.07, 6.45) is 3.69. The van der Waals surface area contributed by atoms with Crippen molar-refractivity contribution in [3.63, 3.8) is 0 Å². The van der Waals surface area contributed by atoms with Crippen LogP contribution in [0.25, 0.3) is 0 Å². The topological polar surface area (TPSA) is 96.2 Å². The number of aliphatic hydroxyl groups is 1. The molecule has 1 unspecified atom stereocenters. The molecule has 142 valence electrons. The predicted molar refractivity (Wildman–Crippen MR) is 99.5 cm³/mol. The number of rotatable bonds is 4. The largest absolute Gasteiger partial charge is 0.389 e. The van der Waals surface area contributed by atoms with Gasteiger partial charge in [0.2, 0.25) is 0 Å². The SMILES string of the molecule is O=C(NCC1(c2ccccc2)CCCC1)c1cc2n(n1)CC(O)CNC2=O. The minimum atomic E-state index is -0.717. The van der Waals surface area contributed by atoms with Crippen molar-refractivity contribution in [2.45, 2.75) is 43.7 Å². The van der Waals surface area contributed by atoms with E-state index in [4.69, 9.17) is 0 Å². The lowest BCUT2D eigenvalue weighted by molar-refractivity contribution is 0.0931. The van der Waals surface area contributed by atoms with Gasteiger partial charge in [0.25, 0.3) is 11.8 Å². The van der Waals surface area contributed by atoms with Gasteiger partial charge in [-0.1, -0.05) is 43.2 Å². The standard InChI is InChI=1S/C20H24N4O3/c25-15-11-21-19(27)17-10-16(23-24(17)12-15)18(26)22-13-20(8-4-5-9-20)14-6-2-1-3-7-14/h1-3,6-7,10,15,25H,4-5,8-9,11-13H2,(H,21,27)(H,22,26). The van der Waals surface area contributed by atoms with Crippen LogP contribution in [0.4, 0.5) is 0 Å². The van der Waals surface area contributed by atoms with Gasteiger partial charge in [-0.25, -0.2) is 0 Å². The first kappa shape index (κ1) is 17.7. The van der Waals surface area contributed by atoms with Crippen molar-refractivity contribution in [3.8, 4) is 0 Å². The van der Waals surface area contributed by atoms with Crippen LogP contribution in [0.1, 0.15) is 52.2 Å². The summed E-state index contributed by atoms with van der Waals surface area (Å²) >= 11 is 0. The summed E-state index contributed by atoms with van der Waals surface area (Å²) < 4.78 is 1.41. The van der Waals surface area contributed by atoms with Crippen LogP contribution in [0.5, 0.6) is 0 Å². The lowest BCUT2D eigenvalue weighted by Crippen LogP contribution is -2.39. The Bertz CT molecular complexity index is 840. The molecule has 27 heavy (non-hydrogen) atoms. The molecular weight excluding hydrogens is 344 g/mol. The third kappa shape index (κ3) is 3.47. The third-order valence-electron chi connectivity index (χ3n) is 5.66. The molecule has 7 heteroatoms. The van der Waals surface area contributed by atoms with Gasteiger partial charge in [0.05, 0.1) is 12.6 Å². The molecule has 4 rings (SSSR count). The zero-order chi connectivity index (χ0) is 18.9. The minimum absolute atomic E-state index is 0.0404. The van der Waals surface area contributed by atoms with Crippen LogP contribution in [0.3, 0.4) is 0 Å². The molecule has 2 amide bonds. The number of amides is 2. The van der Waals surface area contributed by atoms with Gasteiger partial charge >= 0.3 is 0 Å². The molecule has 1 fully saturated rings. The van der Waals surface area contributed by atoms with E-state index in [2.05, 4.69) is 27.9 Å². The number of hydrogen-bond donors (Lipinski definition) is 3.